The number of hydrogen-bond donors (Lipinski definition) is 1. The number of likely N-dealkylation sites (N-methyl/N-ethyl adjacent to an activating group) is 1. The van der Waals surface area contributed by atoms with Gasteiger partial charge in [-0.2, -0.15) is 0 Å². The van der Waals surface area contributed by atoms with Crippen LogP contribution in [0.1, 0.15) is 49.1 Å². The number of carbonyl (C=O) groups excluding carboxylic acids is 1. The van der Waals surface area contributed by atoms with Gasteiger partial charge in [0, 0.05) is 48.4 Å². The molecule has 3 atom stereocenters. The maximum atomic E-state index is 12.6. The molecule has 3 aliphatic rings. The van der Waals surface area contributed by atoms with E-state index in [0.29, 0.717) is 24.5 Å². The Balaban J connectivity index is 1.31. The second-order valence-electron chi connectivity index (χ2n) is 9.08. The van der Waals surface area contributed by atoms with Crippen molar-refractivity contribution in [3.63, 3.8) is 0 Å². The molecular formula is C23H30BrN3O2. The molecule has 1 aromatic carbocycles. The largest absolute Gasteiger partial charge is 0.449 e. The van der Waals surface area contributed by atoms with E-state index in [0.717, 1.165) is 49.9 Å². The molecule has 1 aromatic heterocycles. The van der Waals surface area contributed by atoms with Crippen LogP contribution in [-0.4, -0.2) is 60.2 Å². The van der Waals surface area contributed by atoms with Gasteiger partial charge in [-0.25, -0.2) is 4.79 Å². The SMILES string of the molecule is CN1C[C@H](COC(=O)N2CCCCCC2)C[C@@H]2c3cccc4[nH]c(Br)c(c34)C[C@H]21. The minimum Gasteiger partial charge on any atom is -0.449 e. The van der Waals surface area contributed by atoms with Gasteiger partial charge in [-0.15, -0.1) is 0 Å². The average molecular weight is 460 g/mol. The van der Waals surface area contributed by atoms with Crippen LogP contribution in [0.5, 0.6) is 0 Å². The van der Waals surface area contributed by atoms with Crippen LogP contribution in [0.15, 0.2) is 22.8 Å². The minimum atomic E-state index is -0.112. The van der Waals surface area contributed by atoms with Crippen molar-refractivity contribution >= 4 is 32.9 Å². The molecule has 0 saturated carbocycles. The lowest BCUT2D eigenvalue weighted by atomic mass is 9.72. The third-order valence-electron chi connectivity index (χ3n) is 7.19. The number of halogens is 1. The quantitative estimate of drug-likeness (QED) is 0.694. The summed E-state index contributed by atoms with van der Waals surface area (Å²) in [4.78, 5) is 20.5. The zero-order valence-electron chi connectivity index (χ0n) is 17.1. The standard InChI is InChI=1S/C23H30BrN3O2/c1-26-13-15(14-29-23(28)27-9-4-2-3-5-10-27)11-17-16-7-6-8-19-21(16)18(12-20(17)26)22(24)25-19/h6-8,15,17,20,25H,2-5,9-14H2,1H3/t15-,17-,20-/m1/s1. The molecule has 0 radical (unpaired) electrons. The molecule has 0 spiro atoms. The van der Waals surface area contributed by atoms with Crippen LogP contribution in [-0.2, 0) is 11.2 Å². The Morgan fingerprint density at radius 2 is 2.03 bits per heavy atom. The van der Waals surface area contributed by atoms with E-state index >= 15 is 0 Å². The van der Waals surface area contributed by atoms with Crippen molar-refractivity contribution < 1.29 is 9.53 Å². The highest BCUT2D eigenvalue weighted by atomic mass is 79.9. The van der Waals surface area contributed by atoms with E-state index in [4.69, 9.17) is 4.74 Å². The van der Waals surface area contributed by atoms with Gasteiger partial charge in [0.05, 0.1) is 11.2 Å². The van der Waals surface area contributed by atoms with Crippen molar-refractivity contribution in [2.75, 3.05) is 33.3 Å². The van der Waals surface area contributed by atoms with E-state index in [1.54, 1.807) is 0 Å². The molecule has 6 heteroatoms. The second-order valence-corrected chi connectivity index (χ2v) is 9.88. The Kier molecular flexibility index (Phi) is 5.33. The number of fused-ring (bicyclic) bond motifs is 2. The zero-order valence-corrected chi connectivity index (χ0v) is 18.7. The molecule has 2 aliphatic heterocycles. The summed E-state index contributed by atoms with van der Waals surface area (Å²) in [5.41, 5.74) is 4.08. The van der Waals surface area contributed by atoms with Gasteiger partial charge in [-0.3, -0.25) is 0 Å². The summed E-state index contributed by atoms with van der Waals surface area (Å²) in [6.07, 6.45) is 6.70. The molecule has 5 rings (SSSR count). The topological polar surface area (TPSA) is 48.6 Å². The summed E-state index contributed by atoms with van der Waals surface area (Å²) in [6.45, 7) is 3.22. The van der Waals surface area contributed by atoms with Gasteiger partial charge in [0.2, 0.25) is 0 Å². The Labute approximate surface area is 180 Å². The van der Waals surface area contributed by atoms with E-state index in [9.17, 15) is 4.79 Å². The van der Waals surface area contributed by atoms with Crippen LogP contribution in [0.2, 0.25) is 0 Å². The Bertz CT molecular complexity index is 903. The molecule has 0 bridgehead atoms. The fourth-order valence-electron chi connectivity index (χ4n) is 5.75. The first kappa shape index (κ1) is 19.4. The molecule has 2 saturated heterocycles. The van der Waals surface area contributed by atoms with Crippen LogP contribution in [0.25, 0.3) is 10.9 Å². The van der Waals surface area contributed by atoms with E-state index < -0.39 is 0 Å². The van der Waals surface area contributed by atoms with Crippen LogP contribution in [0.4, 0.5) is 4.79 Å². The summed E-state index contributed by atoms with van der Waals surface area (Å²) >= 11 is 3.73. The highest BCUT2D eigenvalue weighted by Crippen LogP contribution is 2.46. The molecule has 0 unspecified atom stereocenters. The van der Waals surface area contributed by atoms with Crippen molar-refractivity contribution in [1.82, 2.24) is 14.8 Å². The number of aromatic amines is 1. The van der Waals surface area contributed by atoms with Crippen molar-refractivity contribution in [2.45, 2.75) is 50.5 Å². The summed E-state index contributed by atoms with van der Waals surface area (Å²) in [6, 6.07) is 7.14. The number of H-pyrrole nitrogens is 1. The number of likely N-dealkylation sites (tertiary alicyclic amines) is 2. The summed E-state index contributed by atoms with van der Waals surface area (Å²) in [7, 11) is 2.23. The van der Waals surface area contributed by atoms with Gasteiger partial charge in [0.25, 0.3) is 0 Å². The normalized spacial score (nSPS) is 27.5. The Morgan fingerprint density at radius 3 is 2.83 bits per heavy atom. The molecule has 3 heterocycles. The van der Waals surface area contributed by atoms with Crippen LogP contribution in [0, 0.1) is 5.92 Å². The predicted molar refractivity (Wildman–Crippen MR) is 118 cm³/mol. The summed E-state index contributed by atoms with van der Waals surface area (Å²) in [5.74, 6) is 0.880. The molecule has 1 aliphatic carbocycles. The highest BCUT2D eigenvalue weighted by molar-refractivity contribution is 9.10. The molecule has 1 N–H and O–H groups in total. The first-order chi connectivity index (χ1) is 14.1. The van der Waals surface area contributed by atoms with Crippen LogP contribution < -0.4 is 0 Å². The molecule has 5 nitrogen and oxygen atoms in total. The van der Waals surface area contributed by atoms with Crippen molar-refractivity contribution in [3.05, 3.63) is 33.9 Å². The minimum absolute atomic E-state index is 0.112. The monoisotopic (exact) mass is 459 g/mol. The van der Waals surface area contributed by atoms with Gasteiger partial charge in [-0.1, -0.05) is 25.0 Å². The Hall–Kier alpha value is -1.53. The van der Waals surface area contributed by atoms with E-state index in [1.165, 1.54) is 34.9 Å². The second kappa shape index (κ2) is 7.95. The van der Waals surface area contributed by atoms with Crippen molar-refractivity contribution in [1.29, 1.82) is 0 Å². The van der Waals surface area contributed by atoms with Gasteiger partial charge in [0.15, 0.2) is 0 Å². The van der Waals surface area contributed by atoms with Gasteiger partial charge < -0.3 is 19.5 Å². The number of carbonyl (C=O) groups is 1. The predicted octanol–water partition coefficient (Wildman–Crippen LogP) is 4.90. The summed E-state index contributed by atoms with van der Waals surface area (Å²) < 4.78 is 6.92. The van der Waals surface area contributed by atoms with Gasteiger partial charge >= 0.3 is 6.09 Å². The zero-order chi connectivity index (χ0) is 20.0. The average Bonchev–Trinajstić information content (AvgIpc) is 2.89. The Morgan fingerprint density at radius 1 is 1.24 bits per heavy atom. The molecule has 29 heavy (non-hydrogen) atoms. The number of piperidine rings is 1. The number of benzene rings is 1. The smallest absolute Gasteiger partial charge is 0.409 e. The fourth-order valence-corrected chi connectivity index (χ4v) is 6.33. The van der Waals surface area contributed by atoms with Crippen molar-refractivity contribution in [2.24, 2.45) is 5.92 Å². The first-order valence-corrected chi connectivity index (χ1v) is 11.8. The molecule has 156 valence electrons. The lowest BCUT2D eigenvalue weighted by Gasteiger charge is -2.45. The van der Waals surface area contributed by atoms with Crippen molar-refractivity contribution in [3.8, 4) is 0 Å². The number of nitrogens with zero attached hydrogens (tertiary/aromatic N) is 2. The molecule has 2 aromatic rings. The number of amides is 1. The van der Waals surface area contributed by atoms with Crippen LogP contribution in [0.3, 0.4) is 0 Å². The fraction of sp³-hybridized carbons (Fsp3) is 0.609. The number of ether oxygens (including phenoxy) is 1. The van der Waals surface area contributed by atoms with E-state index in [1.807, 2.05) is 4.90 Å². The molecule has 1 amide bonds. The van der Waals surface area contributed by atoms with Gasteiger partial charge in [0.1, 0.15) is 0 Å². The number of aromatic nitrogens is 1. The maximum Gasteiger partial charge on any atom is 0.409 e. The first-order valence-electron chi connectivity index (χ1n) is 11.0. The molecular weight excluding hydrogens is 430 g/mol. The lowest BCUT2D eigenvalue weighted by molar-refractivity contribution is 0.0474. The lowest BCUT2D eigenvalue weighted by Crippen LogP contribution is -2.49. The molecule has 2 fully saturated rings. The number of nitrogens with one attached hydrogen (secondary N) is 1. The third kappa shape index (κ3) is 3.59. The highest BCUT2D eigenvalue weighted by Gasteiger charge is 2.40. The summed E-state index contributed by atoms with van der Waals surface area (Å²) in [5, 5.41) is 1.40. The van der Waals surface area contributed by atoms with Gasteiger partial charge in [-0.05, 0) is 65.9 Å². The maximum absolute atomic E-state index is 12.6. The number of rotatable bonds is 2. The van der Waals surface area contributed by atoms with Crippen LogP contribution >= 0.6 is 15.9 Å². The van der Waals surface area contributed by atoms with E-state index in [-0.39, 0.29) is 6.09 Å². The van der Waals surface area contributed by atoms with E-state index in [2.05, 4.69) is 51.1 Å². The number of hydrogen-bond acceptors (Lipinski definition) is 3. The third-order valence-corrected chi connectivity index (χ3v) is 7.87.